The second-order valence-corrected chi connectivity index (χ2v) is 10.7. The molecule has 3 nitrogen and oxygen atoms in total. The maximum Gasteiger partial charge on any atom is 0.303 e. The summed E-state index contributed by atoms with van der Waals surface area (Å²) in [4.78, 5) is 14.4. The second-order valence-electron chi connectivity index (χ2n) is 10.3. The van der Waals surface area contributed by atoms with Crippen molar-refractivity contribution in [2.45, 2.75) is 96.4 Å². The highest BCUT2D eigenvalue weighted by molar-refractivity contribution is 6.30. The lowest BCUT2D eigenvalue weighted by molar-refractivity contribution is -0.138. The van der Waals surface area contributed by atoms with Gasteiger partial charge in [-0.1, -0.05) is 55.0 Å². The van der Waals surface area contributed by atoms with E-state index in [0.29, 0.717) is 5.92 Å². The smallest absolute Gasteiger partial charge is 0.303 e. The number of carboxylic acids is 1. The van der Waals surface area contributed by atoms with Crippen molar-refractivity contribution >= 4 is 17.6 Å². The fraction of sp³-hybridized carbons (Fsp3) is 0.679. The SMILES string of the molecule is C/C=C(\C)CCCN(CC1CCCCC1)C1CCCC(CC(=O)O)C1c1ccc(Cl)c(F)c1. The van der Waals surface area contributed by atoms with Crippen LogP contribution in [0.5, 0.6) is 0 Å². The van der Waals surface area contributed by atoms with Crippen LogP contribution in [0.1, 0.15) is 96.0 Å². The Morgan fingerprint density at radius 3 is 2.61 bits per heavy atom. The average Bonchev–Trinajstić information content (AvgIpc) is 2.80. The van der Waals surface area contributed by atoms with Crippen molar-refractivity contribution in [1.29, 1.82) is 0 Å². The summed E-state index contributed by atoms with van der Waals surface area (Å²) < 4.78 is 14.5. The second kappa shape index (κ2) is 12.9. The highest BCUT2D eigenvalue weighted by atomic mass is 35.5. The first-order valence-corrected chi connectivity index (χ1v) is 13.3. The average molecular weight is 478 g/mol. The molecule has 2 aliphatic rings. The van der Waals surface area contributed by atoms with Gasteiger partial charge in [0.05, 0.1) is 5.02 Å². The van der Waals surface area contributed by atoms with Crippen LogP contribution in [0.2, 0.25) is 5.02 Å². The van der Waals surface area contributed by atoms with Crippen molar-refractivity contribution < 1.29 is 14.3 Å². The summed E-state index contributed by atoms with van der Waals surface area (Å²) in [5, 5.41) is 9.76. The van der Waals surface area contributed by atoms with Crippen molar-refractivity contribution in [2.24, 2.45) is 11.8 Å². The molecular weight excluding hydrogens is 437 g/mol. The van der Waals surface area contributed by atoms with Crippen molar-refractivity contribution in [3.8, 4) is 0 Å². The number of carbonyl (C=O) groups is 1. The van der Waals surface area contributed by atoms with E-state index in [1.807, 2.05) is 6.07 Å². The van der Waals surface area contributed by atoms with Crippen LogP contribution in [-0.4, -0.2) is 35.1 Å². The van der Waals surface area contributed by atoms with Crippen molar-refractivity contribution in [2.75, 3.05) is 13.1 Å². The highest BCUT2D eigenvalue weighted by Crippen LogP contribution is 2.43. The van der Waals surface area contributed by atoms with E-state index in [-0.39, 0.29) is 29.3 Å². The first-order chi connectivity index (χ1) is 15.9. The summed E-state index contributed by atoms with van der Waals surface area (Å²) >= 11 is 6.00. The predicted octanol–water partition coefficient (Wildman–Crippen LogP) is 7.83. The van der Waals surface area contributed by atoms with E-state index in [4.69, 9.17) is 11.6 Å². The van der Waals surface area contributed by atoms with Crippen LogP contribution < -0.4 is 0 Å². The molecule has 5 heteroatoms. The molecule has 3 rings (SSSR count). The van der Waals surface area contributed by atoms with Crippen LogP contribution in [0, 0.1) is 17.7 Å². The Morgan fingerprint density at radius 1 is 1.18 bits per heavy atom. The minimum absolute atomic E-state index is 0.0213. The van der Waals surface area contributed by atoms with E-state index in [1.54, 1.807) is 12.1 Å². The quantitative estimate of drug-likeness (QED) is 0.349. The van der Waals surface area contributed by atoms with Gasteiger partial charge in [0.2, 0.25) is 0 Å². The van der Waals surface area contributed by atoms with Gasteiger partial charge in [-0.3, -0.25) is 9.69 Å². The molecule has 0 bridgehead atoms. The Hall–Kier alpha value is -1.39. The molecule has 0 heterocycles. The highest BCUT2D eigenvalue weighted by Gasteiger charge is 2.39. The van der Waals surface area contributed by atoms with E-state index < -0.39 is 11.8 Å². The van der Waals surface area contributed by atoms with Crippen molar-refractivity contribution in [3.05, 3.63) is 46.3 Å². The lowest BCUT2D eigenvalue weighted by atomic mass is 9.70. The Balaban J connectivity index is 1.89. The fourth-order valence-corrected chi connectivity index (χ4v) is 6.26. The summed E-state index contributed by atoms with van der Waals surface area (Å²) in [5.41, 5.74) is 2.32. The molecule has 0 radical (unpaired) electrons. The summed E-state index contributed by atoms with van der Waals surface area (Å²) in [6.07, 6.45) is 14.0. The van der Waals surface area contributed by atoms with Gasteiger partial charge in [0, 0.05) is 24.9 Å². The van der Waals surface area contributed by atoms with Gasteiger partial charge in [0.1, 0.15) is 5.82 Å². The van der Waals surface area contributed by atoms with E-state index in [9.17, 15) is 14.3 Å². The van der Waals surface area contributed by atoms with Crippen LogP contribution >= 0.6 is 11.6 Å². The number of nitrogens with zero attached hydrogens (tertiary/aromatic N) is 1. The molecule has 3 atom stereocenters. The molecule has 184 valence electrons. The molecule has 0 saturated heterocycles. The zero-order valence-corrected chi connectivity index (χ0v) is 21.1. The number of halogens is 2. The van der Waals surface area contributed by atoms with Crippen LogP contribution in [0.4, 0.5) is 4.39 Å². The minimum atomic E-state index is -0.761. The summed E-state index contributed by atoms with van der Waals surface area (Å²) in [6.45, 7) is 6.37. The van der Waals surface area contributed by atoms with Crippen LogP contribution in [0.25, 0.3) is 0 Å². The molecule has 2 aliphatic carbocycles. The number of allylic oxidation sites excluding steroid dienone is 2. The lowest BCUT2D eigenvalue weighted by Crippen LogP contribution is -2.47. The lowest BCUT2D eigenvalue weighted by Gasteiger charge is -2.45. The molecule has 33 heavy (non-hydrogen) atoms. The zero-order valence-electron chi connectivity index (χ0n) is 20.4. The molecule has 2 saturated carbocycles. The molecule has 1 aromatic carbocycles. The van der Waals surface area contributed by atoms with Gasteiger partial charge in [-0.25, -0.2) is 4.39 Å². The van der Waals surface area contributed by atoms with Gasteiger partial charge in [-0.2, -0.15) is 0 Å². The van der Waals surface area contributed by atoms with Gasteiger partial charge in [-0.15, -0.1) is 0 Å². The van der Waals surface area contributed by atoms with Gasteiger partial charge in [0.15, 0.2) is 0 Å². The number of carboxylic acid groups (broad SMARTS) is 1. The molecule has 0 aromatic heterocycles. The van der Waals surface area contributed by atoms with Gasteiger partial charge < -0.3 is 5.11 Å². The maximum atomic E-state index is 14.5. The fourth-order valence-electron chi connectivity index (χ4n) is 6.14. The van der Waals surface area contributed by atoms with Crippen LogP contribution in [-0.2, 0) is 4.79 Å². The molecule has 0 aliphatic heterocycles. The summed E-state index contributed by atoms with van der Waals surface area (Å²) in [5.74, 6) is -0.414. The normalized spacial score (nSPS) is 24.9. The Bertz CT molecular complexity index is 805. The molecule has 0 spiro atoms. The molecule has 1 aromatic rings. The number of hydrogen-bond acceptors (Lipinski definition) is 2. The molecule has 2 fully saturated rings. The van der Waals surface area contributed by atoms with E-state index >= 15 is 0 Å². The van der Waals surface area contributed by atoms with E-state index in [0.717, 1.165) is 50.8 Å². The molecule has 3 unspecified atom stereocenters. The molecular formula is C28H41ClFNO2. The standard InChI is InChI=1S/C28H41ClFNO2/c1-3-20(2)9-8-16-31(19-21-10-5-4-6-11-21)26-13-7-12-22(18-27(32)33)28(26)23-14-15-24(29)25(30)17-23/h3,14-15,17,21-22,26,28H,4-13,16,18-19H2,1-2H3,(H,32,33)/b20-3+. The zero-order chi connectivity index (χ0) is 23.8. The third-order valence-electron chi connectivity index (χ3n) is 7.96. The number of hydrogen-bond donors (Lipinski definition) is 1. The Morgan fingerprint density at radius 2 is 1.94 bits per heavy atom. The van der Waals surface area contributed by atoms with E-state index in [1.165, 1.54) is 37.7 Å². The third-order valence-corrected chi connectivity index (χ3v) is 8.26. The summed E-state index contributed by atoms with van der Waals surface area (Å²) in [7, 11) is 0. The third kappa shape index (κ3) is 7.55. The Labute approximate surface area is 204 Å². The first-order valence-electron chi connectivity index (χ1n) is 12.9. The van der Waals surface area contributed by atoms with Gasteiger partial charge >= 0.3 is 5.97 Å². The van der Waals surface area contributed by atoms with Crippen LogP contribution in [0.3, 0.4) is 0 Å². The largest absolute Gasteiger partial charge is 0.481 e. The number of aliphatic carboxylic acids is 1. The van der Waals surface area contributed by atoms with Crippen molar-refractivity contribution in [1.82, 2.24) is 4.90 Å². The van der Waals surface area contributed by atoms with Crippen LogP contribution in [0.15, 0.2) is 29.8 Å². The first kappa shape index (κ1) is 26.2. The maximum absolute atomic E-state index is 14.5. The van der Waals surface area contributed by atoms with E-state index in [2.05, 4.69) is 24.8 Å². The summed E-state index contributed by atoms with van der Waals surface area (Å²) in [6, 6.07) is 5.36. The minimum Gasteiger partial charge on any atom is -0.481 e. The number of rotatable bonds is 10. The van der Waals surface area contributed by atoms with Crippen molar-refractivity contribution in [3.63, 3.8) is 0 Å². The monoisotopic (exact) mass is 477 g/mol. The van der Waals surface area contributed by atoms with Gasteiger partial charge in [0.25, 0.3) is 0 Å². The van der Waals surface area contributed by atoms with Gasteiger partial charge in [-0.05, 0) is 88.4 Å². The Kier molecular flexibility index (Phi) is 10.2. The molecule has 1 N–H and O–H groups in total. The number of benzene rings is 1. The molecule has 0 amide bonds. The topological polar surface area (TPSA) is 40.5 Å². The predicted molar refractivity (Wildman–Crippen MR) is 134 cm³/mol.